The van der Waals surface area contributed by atoms with Gasteiger partial charge in [0.05, 0.1) is 24.7 Å². The van der Waals surface area contributed by atoms with Gasteiger partial charge in [-0.2, -0.15) is 0 Å². The van der Waals surface area contributed by atoms with Crippen LogP contribution in [0.15, 0.2) is 36.5 Å². The van der Waals surface area contributed by atoms with E-state index in [9.17, 15) is 13.2 Å². The van der Waals surface area contributed by atoms with Crippen LogP contribution in [0.25, 0.3) is 22.3 Å². The predicted molar refractivity (Wildman–Crippen MR) is 126 cm³/mol. The molecular weight excluding hydrogens is 442 g/mol. The van der Waals surface area contributed by atoms with Crippen molar-refractivity contribution in [1.29, 1.82) is 0 Å². The summed E-state index contributed by atoms with van der Waals surface area (Å²) in [5, 5.41) is 1.03. The summed E-state index contributed by atoms with van der Waals surface area (Å²) >= 11 is 0. The maximum Gasteiger partial charge on any atom is 0.237 e. The molecule has 2 aromatic heterocycles. The Bertz CT molecular complexity index is 1260. The van der Waals surface area contributed by atoms with E-state index in [0.717, 1.165) is 29.3 Å². The first-order valence-electron chi connectivity index (χ1n) is 11.2. The van der Waals surface area contributed by atoms with Crippen LogP contribution in [-0.2, 0) is 25.1 Å². The van der Waals surface area contributed by atoms with Gasteiger partial charge in [-0.3, -0.25) is 4.79 Å². The Morgan fingerprint density at radius 3 is 2.61 bits per heavy atom. The molecule has 0 spiro atoms. The fourth-order valence-corrected chi connectivity index (χ4v) is 5.61. The van der Waals surface area contributed by atoms with Crippen molar-refractivity contribution < 1.29 is 17.9 Å². The third kappa shape index (κ3) is 5.01. The molecule has 10 heteroatoms. The second kappa shape index (κ2) is 9.11. The highest BCUT2D eigenvalue weighted by molar-refractivity contribution is 7.91. The van der Waals surface area contributed by atoms with Crippen molar-refractivity contribution in [1.82, 2.24) is 19.9 Å². The highest BCUT2D eigenvalue weighted by Crippen LogP contribution is 2.25. The number of likely N-dealkylation sites (tertiary alicyclic amines) is 1. The number of anilines is 1. The third-order valence-electron chi connectivity index (χ3n) is 6.08. The van der Waals surface area contributed by atoms with Gasteiger partial charge in [-0.25, -0.2) is 18.4 Å². The Labute approximate surface area is 192 Å². The van der Waals surface area contributed by atoms with Crippen LogP contribution in [0.1, 0.15) is 18.5 Å². The minimum absolute atomic E-state index is 0.300. The number of rotatable bonds is 6. The zero-order valence-corrected chi connectivity index (χ0v) is 19.2. The molecule has 3 aromatic rings. The van der Waals surface area contributed by atoms with Crippen molar-refractivity contribution in [2.75, 3.05) is 50.0 Å². The van der Waals surface area contributed by atoms with Crippen molar-refractivity contribution in [2.45, 2.75) is 18.6 Å². The Morgan fingerprint density at radius 2 is 1.82 bits per heavy atom. The van der Waals surface area contributed by atoms with Gasteiger partial charge in [0.15, 0.2) is 15.7 Å². The van der Waals surface area contributed by atoms with Crippen LogP contribution in [0.3, 0.4) is 0 Å². The summed E-state index contributed by atoms with van der Waals surface area (Å²) in [6.45, 7) is 3.79. The number of aromatic amines is 1. The molecule has 174 valence electrons. The van der Waals surface area contributed by atoms with Gasteiger partial charge in [0, 0.05) is 54.9 Å². The average Bonchev–Trinajstić information content (AvgIpc) is 3.50. The lowest BCUT2D eigenvalue weighted by atomic mass is 10.1. The summed E-state index contributed by atoms with van der Waals surface area (Å²) < 4.78 is 31.2. The predicted octanol–water partition coefficient (Wildman–Crippen LogP) is 2.00. The van der Waals surface area contributed by atoms with E-state index in [1.165, 1.54) is 0 Å². The quantitative estimate of drug-likeness (QED) is 0.588. The first-order valence-corrected chi connectivity index (χ1v) is 13.1. The van der Waals surface area contributed by atoms with Gasteiger partial charge in [-0.15, -0.1) is 0 Å². The largest absolute Gasteiger partial charge is 0.378 e. The Balaban J connectivity index is 1.46. The monoisotopic (exact) mass is 469 g/mol. The fraction of sp³-hybridized carbons (Fsp3) is 0.435. The number of carbonyl (C=O) groups excluding carboxylic acids is 1. The number of ether oxygens (including phenoxy) is 1. The SMILES string of the molecule is O=C(CS(=O)(=O)Cc1cc(N2CCOCC2)nc(-c2ccc3[nH]ccc3c2)n1)N1CCCC1. The van der Waals surface area contributed by atoms with Gasteiger partial charge in [-0.05, 0) is 37.1 Å². The molecule has 9 nitrogen and oxygen atoms in total. The highest BCUT2D eigenvalue weighted by atomic mass is 32.2. The van der Waals surface area contributed by atoms with Crippen LogP contribution in [0, 0.1) is 0 Å². The number of fused-ring (bicyclic) bond motifs is 1. The van der Waals surface area contributed by atoms with E-state index in [2.05, 4.69) is 14.9 Å². The Hall–Kier alpha value is -2.98. The second-order valence-corrected chi connectivity index (χ2v) is 10.6. The fourth-order valence-electron chi connectivity index (χ4n) is 4.36. The summed E-state index contributed by atoms with van der Waals surface area (Å²) in [7, 11) is -3.67. The number of aromatic nitrogens is 3. The number of carbonyl (C=O) groups is 1. The van der Waals surface area contributed by atoms with Gasteiger partial charge >= 0.3 is 0 Å². The molecule has 0 radical (unpaired) electrons. The molecule has 1 N–H and O–H groups in total. The van der Waals surface area contributed by atoms with Crippen molar-refractivity contribution in [3.63, 3.8) is 0 Å². The summed E-state index contributed by atoms with van der Waals surface area (Å²) in [5.41, 5.74) is 2.21. The molecule has 4 heterocycles. The first kappa shape index (κ1) is 21.8. The maximum absolute atomic E-state index is 12.9. The zero-order valence-electron chi connectivity index (χ0n) is 18.4. The van der Waals surface area contributed by atoms with E-state index in [4.69, 9.17) is 9.72 Å². The lowest BCUT2D eigenvalue weighted by Gasteiger charge is -2.28. The third-order valence-corrected chi connectivity index (χ3v) is 7.50. The molecule has 0 saturated carbocycles. The summed E-state index contributed by atoms with van der Waals surface area (Å²) in [4.78, 5) is 28.7. The molecule has 1 aromatic carbocycles. The standard InChI is InChI=1S/C23H27N5O4S/c29-22(28-7-1-2-8-28)16-33(30,31)15-19-14-21(27-9-11-32-12-10-27)26-23(25-19)18-3-4-20-17(13-18)5-6-24-20/h3-6,13-14,24H,1-2,7-12,15-16H2. The van der Waals surface area contributed by atoms with Crippen molar-refractivity contribution >= 4 is 32.5 Å². The number of nitrogens with zero attached hydrogens (tertiary/aromatic N) is 4. The van der Waals surface area contributed by atoms with E-state index in [1.54, 1.807) is 11.0 Å². The van der Waals surface area contributed by atoms with Crippen molar-refractivity contribution in [2.24, 2.45) is 0 Å². The molecule has 0 atom stereocenters. The number of hydrogen-bond donors (Lipinski definition) is 1. The van der Waals surface area contributed by atoms with E-state index in [0.29, 0.717) is 56.7 Å². The highest BCUT2D eigenvalue weighted by Gasteiger charge is 2.26. The molecule has 0 unspecified atom stereocenters. The molecule has 2 saturated heterocycles. The number of sulfone groups is 1. The summed E-state index contributed by atoms with van der Waals surface area (Å²) in [6.07, 6.45) is 3.72. The second-order valence-electron chi connectivity index (χ2n) is 8.54. The molecule has 2 aliphatic heterocycles. The van der Waals surface area contributed by atoms with Crippen molar-refractivity contribution in [3.05, 3.63) is 42.2 Å². The number of hydrogen-bond acceptors (Lipinski definition) is 7. The Kier molecular flexibility index (Phi) is 6.03. The first-order chi connectivity index (χ1) is 16.0. The Morgan fingerprint density at radius 1 is 1.03 bits per heavy atom. The van der Waals surface area contributed by atoms with E-state index >= 15 is 0 Å². The molecule has 1 amide bonds. The van der Waals surface area contributed by atoms with Gasteiger partial charge in [0.25, 0.3) is 0 Å². The lowest BCUT2D eigenvalue weighted by Crippen LogP contribution is -2.37. The molecule has 2 aliphatic rings. The van der Waals surface area contributed by atoms with E-state index in [1.807, 2.05) is 30.5 Å². The van der Waals surface area contributed by atoms with E-state index in [-0.39, 0.29) is 11.7 Å². The van der Waals surface area contributed by atoms with Gasteiger partial charge < -0.3 is 19.5 Å². The number of amides is 1. The molecule has 0 bridgehead atoms. The van der Waals surface area contributed by atoms with Crippen LogP contribution in [-0.4, -0.2) is 79.3 Å². The molecule has 5 rings (SSSR count). The van der Waals surface area contributed by atoms with Crippen LogP contribution >= 0.6 is 0 Å². The van der Waals surface area contributed by atoms with Crippen LogP contribution in [0.5, 0.6) is 0 Å². The number of benzene rings is 1. The van der Waals surface area contributed by atoms with Crippen LogP contribution in [0.4, 0.5) is 5.82 Å². The summed E-state index contributed by atoms with van der Waals surface area (Å²) in [5.74, 6) is 0.0280. The van der Waals surface area contributed by atoms with Gasteiger partial charge in [0.2, 0.25) is 5.91 Å². The normalized spacial score (nSPS) is 17.1. The number of morpholine rings is 1. The minimum Gasteiger partial charge on any atom is -0.378 e. The van der Waals surface area contributed by atoms with Crippen LogP contribution in [0.2, 0.25) is 0 Å². The molecule has 33 heavy (non-hydrogen) atoms. The van der Waals surface area contributed by atoms with Crippen molar-refractivity contribution in [3.8, 4) is 11.4 Å². The topological polar surface area (TPSA) is 108 Å². The number of nitrogens with one attached hydrogen (secondary N) is 1. The maximum atomic E-state index is 12.9. The van der Waals surface area contributed by atoms with E-state index < -0.39 is 15.6 Å². The zero-order chi connectivity index (χ0) is 22.8. The van der Waals surface area contributed by atoms with Crippen LogP contribution < -0.4 is 4.90 Å². The smallest absolute Gasteiger partial charge is 0.237 e. The average molecular weight is 470 g/mol. The number of H-pyrrole nitrogens is 1. The molecular formula is C23H27N5O4S. The molecule has 0 aliphatic carbocycles. The molecule has 2 fully saturated rings. The van der Waals surface area contributed by atoms with Gasteiger partial charge in [0.1, 0.15) is 11.6 Å². The lowest BCUT2D eigenvalue weighted by molar-refractivity contribution is -0.127. The summed E-state index contributed by atoms with van der Waals surface area (Å²) in [6, 6.07) is 9.56. The minimum atomic E-state index is -3.67. The van der Waals surface area contributed by atoms with Gasteiger partial charge in [-0.1, -0.05) is 0 Å².